The van der Waals surface area contributed by atoms with E-state index in [4.69, 9.17) is 0 Å². The van der Waals surface area contributed by atoms with Gasteiger partial charge in [0.1, 0.15) is 18.3 Å². The van der Waals surface area contributed by atoms with Crippen molar-refractivity contribution in [2.75, 3.05) is 0 Å². The van der Waals surface area contributed by atoms with Crippen molar-refractivity contribution < 1.29 is 4.79 Å². The molecule has 20 heavy (non-hydrogen) atoms. The van der Waals surface area contributed by atoms with Crippen molar-refractivity contribution in [1.82, 2.24) is 24.7 Å². The van der Waals surface area contributed by atoms with Gasteiger partial charge in [0, 0.05) is 29.8 Å². The van der Waals surface area contributed by atoms with Crippen LogP contribution in [0.15, 0.2) is 31.0 Å². The van der Waals surface area contributed by atoms with Gasteiger partial charge in [-0.25, -0.2) is 9.97 Å². The predicted octanol–water partition coefficient (Wildman–Crippen LogP) is 2.36. The maximum Gasteiger partial charge on any atom is 0.141 e. The van der Waals surface area contributed by atoms with E-state index in [1.54, 1.807) is 6.20 Å². The van der Waals surface area contributed by atoms with E-state index >= 15 is 0 Å². The molecule has 3 heterocycles. The lowest BCUT2D eigenvalue weighted by Crippen LogP contribution is -2.08. The maximum atomic E-state index is 10.7. The second kappa shape index (κ2) is 5.24. The highest BCUT2D eigenvalue weighted by molar-refractivity contribution is 5.89. The van der Waals surface area contributed by atoms with Crippen molar-refractivity contribution in [1.29, 1.82) is 0 Å². The summed E-state index contributed by atoms with van der Waals surface area (Å²) in [6.07, 6.45) is 9.37. The molecule has 0 aliphatic rings. The predicted molar refractivity (Wildman–Crippen MR) is 75.1 cm³/mol. The first-order chi connectivity index (χ1) is 9.83. The number of aromatic nitrogens is 5. The van der Waals surface area contributed by atoms with Crippen LogP contribution >= 0.6 is 0 Å². The molecule has 0 radical (unpaired) electrons. The zero-order valence-corrected chi connectivity index (χ0v) is 11.2. The third-order valence-electron chi connectivity index (χ3n) is 3.44. The standard InChI is InChI=1S/C14H15N5O/c1-2-11(4-6-20)19-8-10(7-18-19)13-12-3-5-15-14(12)17-9-16-13/h3,5-9,11H,2,4H2,1H3,(H,15,16,17). The summed E-state index contributed by atoms with van der Waals surface area (Å²) in [6, 6.07) is 2.05. The van der Waals surface area contributed by atoms with E-state index in [1.807, 2.05) is 30.1 Å². The van der Waals surface area contributed by atoms with Crippen LogP contribution in [-0.2, 0) is 4.79 Å². The largest absolute Gasteiger partial charge is 0.346 e. The van der Waals surface area contributed by atoms with Gasteiger partial charge in [0.05, 0.1) is 17.9 Å². The molecule has 0 aliphatic heterocycles. The van der Waals surface area contributed by atoms with Gasteiger partial charge in [0.15, 0.2) is 0 Å². The smallest absolute Gasteiger partial charge is 0.141 e. The van der Waals surface area contributed by atoms with Crippen LogP contribution in [0.4, 0.5) is 0 Å². The van der Waals surface area contributed by atoms with Crippen LogP contribution in [-0.4, -0.2) is 31.0 Å². The van der Waals surface area contributed by atoms with E-state index in [-0.39, 0.29) is 6.04 Å². The fraction of sp³-hybridized carbons (Fsp3) is 0.286. The van der Waals surface area contributed by atoms with Crippen molar-refractivity contribution in [3.8, 4) is 11.3 Å². The number of aromatic amines is 1. The monoisotopic (exact) mass is 269 g/mol. The number of carbonyl (C=O) groups is 1. The minimum absolute atomic E-state index is 0.102. The number of carbonyl (C=O) groups excluding carboxylic acids is 1. The van der Waals surface area contributed by atoms with Gasteiger partial charge in [-0.3, -0.25) is 4.68 Å². The van der Waals surface area contributed by atoms with Crippen LogP contribution in [0.3, 0.4) is 0 Å². The SMILES string of the molecule is CCC(CC=O)n1cc(-c2ncnc3[nH]ccc23)cn1. The van der Waals surface area contributed by atoms with Gasteiger partial charge in [-0.1, -0.05) is 6.92 Å². The quantitative estimate of drug-likeness (QED) is 0.721. The van der Waals surface area contributed by atoms with Crippen LogP contribution < -0.4 is 0 Å². The first-order valence-corrected chi connectivity index (χ1v) is 6.59. The molecule has 0 spiro atoms. The molecule has 0 saturated heterocycles. The molecule has 0 fully saturated rings. The Labute approximate surface area is 115 Å². The summed E-state index contributed by atoms with van der Waals surface area (Å²) in [4.78, 5) is 22.3. The molecule has 0 aliphatic carbocycles. The molecule has 6 heteroatoms. The van der Waals surface area contributed by atoms with Gasteiger partial charge >= 0.3 is 0 Å². The van der Waals surface area contributed by atoms with E-state index in [0.29, 0.717) is 6.42 Å². The number of aldehydes is 1. The van der Waals surface area contributed by atoms with Crippen LogP contribution in [0, 0.1) is 0 Å². The summed E-state index contributed by atoms with van der Waals surface area (Å²) in [6.45, 7) is 2.05. The molecule has 0 bridgehead atoms. The normalized spacial score (nSPS) is 12.7. The number of nitrogens with zero attached hydrogens (tertiary/aromatic N) is 4. The highest BCUT2D eigenvalue weighted by Gasteiger charge is 2.13. The molecule has 3 rings (SSSR count). The maximum absolute atomic E-state index is 10.7. The highest BCUT2D eigenvalue weighted by Crippen LogP contribution is 2.25. The molecule has 0 amide bonds. The fourth-order valence-corrected chi connectivity index (χ4v) is 2.34. The van der Waals surface area contributed by atoms with E-state index < -0.39 is 0 Å². The zero-order chi connectivity index (χ0) is 13.9. The molecule has 6 nitrogen and oxygen atoms in total. The van der Waals surface area contributed by atoms with Crippen LogP contribution in [0.2, 0.25) is 0 Å². The summed E-state index contributed by atoms with van der Waals surface area (Å²) in [5.41, 5.74) is 2.59. The van der Waals surface area contributed by atoms with Gasteiger partial charge in [0.25, 0.3) is 0 Å². The van der Waals surface area contributed by atoms with Gasteiger partial charge in [-0.05, 0) is 12.5 Å². The lowest BCUT2D eigenvalue weighted by atomic mass is 10.1. The van der Waals surface area contributed by atoms with Crippen LogP contribution in [0.25, 0.3) is 22.3 Å². The number of nitrogens with one attached hydrogen (secondary N) is 1. The van der Waals surface area contributed by atoms with Crippen molar-refractivity contribution in [3.05, 3.63) is 31.0 Å². The average Bonchev–Trinajstić information content (AvgIpc) is 3.12. The van der Waals surface area contributed by atoms with E-state index in [9.17, 15) is 4.79 Å². The average molecular weight is 269 g/mol. The molecule has 3 aromatic rings. The molecule has 1 atom stereocenters. The number of H-pyrrole nitrogens is 1. The van der Waals surface area contributed by atoms with Crippen molar-refractivity contribution >= 4 is 17.3 Å². The summed E-state index contributed by atoms with van der Waals surface area (Å²) < 4.78 is 1.84. The Balaban J connectivity index is 2.01. The molecular weight excluding hydrogens is 254 g/mol. The Morgan fingerprint density at radius 2 is 2.35 bits per heavy atom. The Hall–Kier alpha value is -2.50. The van der Waals surface area contributed by atoms with E-state index in [1.165, 1.54) is 6.33 Å². The minimum atomic E-state index is 0.102. The summed E-state index contributed by atoms with van der Waals surface area (Å²) in [5.74, 6) is 0. The topological polar surface area (TPSA) is 76.5 Å². The summed E-state index contributed by atoms with van der Waals surface area (Å²) in [5, 5.41) is 5.33. The first kappa shape index (κ1) is 12.5. The number of rotatable bonds is 5. The molecule has 102 valence electrons. The van der Waals surface area contributed by atoms with Crippen LogP contribution in [0.5, 0.6) is 0 Å². The number of hydrogen-bond acceptors (Lipinski definition) is 4. The Kier molecular flexibility index (Phi) is 3.28. The molecule has 1 N–H and O–H groups in total. The number of fused-ring (bicyclic) bond motifs is 1. The van der Waals surface area contributed by atoms with Gasteiger partial charge in [-0.15, -0.1) is 0 Å². The lowest BCUT2D eigenvalue weighted by molar-refractivity contribution is -0.108. The third-order valence-corrected chi connectivity index (χ3v) is 3.44. The van der Waals surface area contributed by atoms with Gasteiger partial charge in [-0.2, -0.15) is 5.10 Å². The molecule has 3 aromatic heterocycles. The number of hydrogen-bond donors (Lipinski definition) is 1. The van der Waals surface area contributed by atoms with Gasteiger partial charge < -0.3 is 9.78 Å². The van der Waals surface area contributed by atoms with Crippen molar-refractivity contribution in [2.24, 2.45) is 0 Å². The van der Waals surface area contributed by atoms with Crippen molar-refractivity contribution in [2.45, 2.75) is 25.8 Å². The third kappa shape index (κ3) is 2.09. The second-order valence-corrected chi connectivity index (χ2v) is 4.64. The Morgan fingerprint density at radius 3 is 3.15 bits per heavy atom. The Bertz CT molecular complexity index is 730. The molecule has 0 saturated carbocycles. The summed E-state index contributed by atoms with van der Waals surface area (Å²) >= 11 is 0. The van der Waals surface area contributed by atoms with E-state index in [2.05, 4.69) is 20.1 Å². The molecule has 0 aromatic carbocycles. The molecule has 1 unspecified atom stereocenters. The van der Waals surface area contributed by atoms with E-state index in [0.717, 1.165) is 35.0 Å². The minimum Gasteiger partial charge on any atom is -0.346 e. The second-order valence-electron chi connectivity index (χ2n) is 4.64. The van der Waals surface area contributed by atoms with Crippen LogP contribution in [0.1, 0.15) is 25.8 Å². The summed E-state index contributed by atoms with van der Waals surface area (Å²) in [7, 11) is 0. The fourth-order valence-electron chi connectivity index (χ4n) is 2.34. The first-order valence-electron chi connectivity index (χ1n) is 6.59. The lowest BCUT2D eigenvalue weighted by Gasteiger charge is -2.11. The van der Waals surface area contributed by atoms with Gasteiger partial charge in [0.2, 0.25) is 0 Å². The zero-order valence-electron chi connectivity index (χ0n) is 11.2. The highest BCUT2D eigenvalue weighted by atomic mass is 16.1. The molecular formula is C14H15N5O. The Morgan fingerprint density at radius 1 is 1.45 bits per heavy atom. The van der Waals surface area contributed by atoms with Crippen molar-refractivity contribution in [3.63, 3.8) is 0 Å².